The molecule has 7 nitrogen and oxygen atoms in total. The summed E-state index contributed by atoms with van der Waals surface area (Å²) in [5.41, 5.74) is 6.49. The lowest BCUT2D eigenvalue weighted by Crippen LogP contribution is -1.92. The van der Waals surface area contributed by atoms with Crippen LogP contribution in [0.4, 0.5) is 11.6 Å². The summed E-state index contributed by atoms with van der Waals surface area (Å²) in [5.74, 6) is 0.279. The van der Waals surface area contributed by atoms with Gasteiger partial charge in [0.1, 0.15) is 0 Å². The molecule has 16 heavy (non-hydrogen) atoms. The summed E-state index contributed by atoms with van der Waals surface area (Å²) < 4.78 is 4.85. The van der Waals surface area contributed by atoms with Gasteiger partial charge in [0.05, 0.1) is 4.92 Å². The van der Waals surface area contributed by atoms with Gasteiger partial charge in [-0.1, -0.05) is 0 Å². The first kappa shape index (κ1) is 10.1. The average molecular weight is 220 g/mol. The molecular formula is C9H8N4O3. The maximum Gasteiger partial charge on any atom is 0.272 e. The minimum Gasteiger partial charge on any atom is -0.365 e. The Bertz CT molecular complexity index is 549. The topological polar surface area (TPSA) is 108 Å². The molecule has 0 spiro atoms. The van der Waals surface area contributed by atoms with Crippen LogP contribution in [0.3, 0.4) is 0 Å². The standard InChI is InChI=1S/C9H8N4O3/c1-5-4-6(2-3-7(5)13(14)15)8-11-9(10)12-16-8/h2-4H,1H3,(H2,10,12). The molecule has 0 unspecified atom stereocenters. The van der Waals surface area contributed by atoms with E-state index in [1.54, 1.807) is 13.0 Å². The van der Waals surface area contributed by atoms with Crippen molar-refractivity contribution in [3.63, 3.8) is 0 Å². The number of nitrogens with zero attached hydrogens (tertiary/aromatic N) is 3. The van der Waals surface area contributed by atoms with E-state index in [2.05, 4.69) is 10.1 Å². The minimum atomic E-state index is -0.443. The Hall–Kier alpha value is -2.44. The third kappa shape index (κ3) is 1.70. The Morgan fingerprint density at radius 1 is 1.50 bits per heavy atom. The zero-order valence-electron chi connectivity index (χ0n) is 8.38. The van der Waals surface area contributed by atoms with Crippen LogP contribution in [0, 0.1) is 17.0 Å². The highest BCUT2D eigenvalue weighted by molar-refractivity contribution is 5.59. The van der Waals surface area contributed by atoms with E-state index in [-0.39, 0.29) is 17.5 Å². The van der Waals surface area contributed by atoms with Crippen molar-refractivity contribution in [2.75, 3.05) is 5.73 Å². The van der Waals surface area contributed by atoms with Crippen molar-refractivity contribution in [1.29, 1.82) is 0 Å². The summed E-state index contributed by atoms with van der Waals surface area (Å²) in [4.78, 5) is 14.0. The molecule has 1 heterocycles. The average Bonchev–Trinajstić information content (AvgIpc) is 2.64. The molecule has 0 aliphatic rings. The molecule has 82 valence electrons. The van der Waals surface area contributed by atoms with E-state index in [0.29, 0.717) is 11.1 Å². The van der Waals surface area contributed by atoms with Gasteiger partial charge in [0.15, 0.2) is 0 Å². The van der Waals surface area contributed by atoms with Gasteiger partial charge in [0.25, 0.3) is 17.5 Å². The maximum atomic E-state index is 10.6. The van der Waals surface area contributed by atoms with Crippen LogP contribution in [0.1, 0.15) is 5.56 Å². The number of nitrogens with two attached hydrogens (primary N) is 1. The predicted molar refractivity (Wildman–Crippen MR) is 55.5 cm³/mol. The first-order chi connectivity index (χ1) is 7.58. The third-order valence-corrected chi connectivity index (χ3v) is 2.08. The number of aryl methyl sites for hydroxylation is 1. The normalized spacial score (nSPS) is 10.3. The zero-order valence-corrected chi connectivity index (χ0v) is 8.38. The number of hydrogen-bond acceptors (Lipinski definition) is 6. The zero-order chi connectivity index (χ0) is 11.7. The van der Waals surface area contributed by atoms with Gasteiger partial charge >= 0.3 is 0 Å². The summed E-state index contributed by atoms with van der Waals surface area (Å²) in [7, 11) is 0. The Kier molecular flexibility index (Phi) is 2.28. The first-order valence-corrected chi connectivity index (χ1v) is 4.42. The van der Waals surface area contributed by atoms with E-state index in [1.165, 1.54) is 12.1 Å². The predicted octanol–water partition coefficient (Wildman–Crippen LogP) is 1.54. The van der Waals surface area contributed by atoms with Crippen LogP contribution >= 0.6 is 0 Å². The van der Waals surface area contributed by atoms with Gasteiger partial charge in [0, 0.05) is 17.2 Å². The number of nitro benzene ring substituents is 1. The van der Waals surface area contributed by atoms with Gasteiger partial charge in [0.2, 0.25) is 0 Å². The minimum absolute atomic E-state index is 0.0333. The fraction of sp³-hybridized carbons (Fsp3) is 0.111. The van der Waals surface area contributed by atoms with Gasteiger partial charge in [-0.25, -0.2) is 0 Å². The molecule has 1 aromatic carbocycles. The number of aromatic nitrogens is 2. The molecule has 2 rings (SSSR count). The second-order valence-electron chi connectivity index (χ2n) is 3.22. The van der Waals surface area contributed by atoms with Crippen molar-refractivity contribution in [2.24, 2.45) is 0 Å². The molecule has 0 saturated carbocycles. The van der Waals surface area contributed by atoms with E-state index in [0.717, 1.165) is 0 Å². The van der Waals surface area contributed by atoms with Gasteiger partial charge in [-0.2, -0.15) is 4.98 Å². The molecule has 2 aromatic rings. The molecule has 0 amide bonds. The largest absolute Gasteiger partial charge is 0.365 e. The molecule has 0 atom stereocenters. The molecular weight excluding hydrogens is 212 g/mol. The fourth-order valence-electron chi connectivity index (χ4n) is 1.35. The van der Waals surface area contributed by atoms with E-state index in [1.807, 2.05) is 0 Å². The molecule has 2 N–H and O–H groups in total. The van der Waals surface area contributed by atoms with Crippen molar-refractivity contribution < 1.29 is 9.45 Å². The summed E-state index contributed by atoms with van der Waals surface area (Å²) >= 11 is 0. The smallest absolute Gasteiger partial charge is 0.272 e. The quantitative estimate of drug-likeness (QED) is 0.607. The van der Waals surface area contributed by atoms with Crippen LogP contribution in [0.15, 0.2) is 22.7 Å². The lowest BCUT2D eigenvalue weighted by molar-refractivity contribution is -0.385. The highest BCUT2D eigenvalue weighted by Crippen LogP contribution is 2.24. The van der Waals surface area contributed by atoms with Crippen molar-refractivity contribution in [3.8, 4) is 11.5 Å². The highest BCUT2D eigenvalue weighted by atomic mass is 16.6. The van der Waals surface area contributed by atoms with Crippen molar-refractivity contribution >= 4 is 11.6 Å². The summed E-state index contributed by atoms with van der Waals surface area (Å²) in [6, 6.07) is 4.54. The van der Waals surface area contributed by atoms with Gasteiger partial charge < -0.3 is 10.3 Å². The third-order valence-electron chi connectivity index (χ3n) is 2.08. The molecule has 0 aliphatic heterocycles. The molecule has 0 bridgehead atoms. The van der Waals surface area contributed by atoms with E-state index < -0.39 is 4.92 Å². The van der Waals surface area contributed by atoms with Crippen LogP contribution < -0.4 is 5.73 Å². The molecule has 0 radical (unpaired) electrons. The summed E-state index contributed by atoms with van der Waals surface area (Å²) in [5, 5.41) is 14.0. The number of nitrogen functional groups attached to an aromatic ring is 1. The fourth-order valence-corrected chi connectivity index (χ4v) is 1.35. The van der Waals surface area contributed by atoms with E-state index in [9.17, 15) is 10.1 Å². The Morgan fingerprint density at radius 2 is 2.25 bits per heavy atom. The Balaban J connectivity index is 2.45. The van der Waals surface area contributed by atoms with Crippen molar-refractivity contribution in [3.05, 3.63) is 33.9 Å². The lowest BCUT2D eigenvalue weighted by Gasteiger charge is -1.98. The van der Waals surface area contributed by atoms with Crippen LogP contribution in [-0.4, -0.2) is 15.1 Å². The molecule has 0 aliphatic carbocycles. The number of benzene rings is 1. The SMILES string of the molecule is Cc1cc(-c2nc(N)no2)ccc1[N+](=O)[O-]. The van der Waals surface area contributed by atoms with Crippen molar-refractivity contribution in [2.45, 2.75) is 6.92 Å². The van der Waals surface area contributed by atoms with Crippen LogP contribution in [0.5, 0.6) is 0 Å². The van der Waals surface area contributed by atoms with E-state index in [4.69, 9.17) is 10.3 Å². The van der Waals surface area contributed by atoms with Crippen molar-refractivity contribution in [1.82, 2.24) is 10.1 Å². The molecule has 0 saturated heterocycles. The number of nitro groups is 1. The van der Waals surface area contributed by atoms with Crippen LogP contribution in [-0.2, 0) is 0 Å². The van der Waals surface area contributed by atoms with Gasteiger partial charge in [-0.05, 0) is 24.2 Å². The molecule has 7 heteroatoms. The maximum absolute atomic E-state index is 10.6. The number of hydrogen-bond donors (Lipinski definition) is 1. The van der Waals surface area contributed by atoms with Gasteiger partial charge in [-0.15, -0.1) is 0 Å². The Morgan fingerprint density at radius 3 is 2.75 bits per heavy atom. The molecule has 0 fully saturated rings. The highest BCUT2D eigenvalue weighted by Gasteiger charge is 2.13. The Labute approximate surface area is 90.0 Å². The number of anilines is 1. The van der Waals surface area contributed by atoms with Gasteiger partial charge in [-0.3, -0.25) is 10.1 Å². The summed E-state index contributed by atoms with van der Waals surface area (Å²) in [6.45, 7) is 1.64. The van der Waals surface area contributed by atoms with E-state index >= 15 is 0 Å². The lowest BCUT2D eigenvalue weighted by atomic mass is 10.1. The second kappa shape index (κ2) is 3.61. The monoisotopic (exact) mass is 220 g/mol. The molecule has 1 aromatic heterocycles. The first-order valence-electron chi connectivity index (χ1n) is 4.42. The second-order valence-corrected chi connectivity index (χ2v) is 3.22. The van der Waals surface area contributed by atoms with Crippen LogP contribution in [0.2, 0.25) is 0 Å². The number of rotatable bonds is 2. The summed E-state index contributed by atoms with van der Waals surface area (Å²) in [6.07, 6.45) is 0. The van der Waals surface area contributed by atoms with Crippen LogP contribution in [0.25, 0.3) is 11.5 Å².